The standard InChI is InChI=1S/C16H21ClN2O5S/c1-24-9-13(16(22)23)19-15(21)12(7-8-25-2)18-14(20)10-5-3-4-6-11(10)17/h3-6,12-13H,7-9H2,1-2H3,(H,18,20)(H,19,21)(H,22,23). The number of hydrogen-bond acceptors (Lipinski definition) is 5. The number of carbonyl (C=O) groups is 3. The molecule has 0 saturated heterocycles. The number of ether oxygens (including phenoxy) is 1. The van der Waals surface area contributed by atoms with Crippen molar-refractivity contribution >= 4 is 41.1 Å². The molecule has 1 aromatic carbocycles. The first kappa shape index (κ1) is 21.3. The van der Waals surface area contributed by atoms with Crippen molar-refractivity contribution in [3.63, 3.8) is 0 Å². The van der Waals surface area contributed by atoms with Gasteiger partial charge in [0.05, 0.1) is 17.2 Å². The van der Waals surface area contributed by atoms with Crippen LogP contribution >= 0.6 is 23.4 Å². The topological polar surface area (TPSA) is 105 Å². The monoisotopic (exact) mass is 388 g/mol. The second-order valence-corrected chi connectivity index (χ2v) is 6.53. The lowest BCUT2D eigenvalue weighted by Gasteiger charge is -2.21. The number of carbonyl (C=O) groups excluding carboxylic acids is 2. The molecular formula is C16H21ClN2O5S. The van der Waals surface area contributed by atoms with E-state index < -0.39 is 29.9 Å². The molecule has 2 amide bonds. The Labute approximate surface area is 155 Å². The number of carboxylic acids is 1. The number of benzene rings is 1. The number of halogens is 1. The summed E-state index contributed by atoms with van der Waals surface area (Å²) in [4.78, 5) is 35.9. The van der Waals surface area contributed by atoms with Crippen LogP contribution in [0, 0.1) is 0 Å². The summed E-state index contributed by atoms with van der Waals surface area (Å²) in [6, 6.07) is 4.41. The van der Waals surface area contributed by atoms with Crippen LogP contribution in [0.25, 0.3) is 0 Å². The summed E-state index contributed by atoms with van der Waals surface area (Å²) in [5.41, 5.74) is 0.248. The van der Waals surface area contributed by atoms with E-state index in [-0.39, 0.29) is 17.2 Å². The molecule has 0 radical (unpaired) electrons. The Bertz CT molecular complexity index is 614. The normalized spacial score (nSPS) is 12.9. The van der Waals surface area contributed by atoms with Crippen molar-refractivity contribution in [1.82, 2.24) is 10.6 Å². The van der Waals surface area contributed by atoms with Gasteiger partial charge in [0, 0.05) is 7.11 Å². The van der Waals surface area contributed by atoms with Crippen molar-refractivity contribution in [3.8, 4) is 0 Å². The third-order valence-corrected chi connectivity index (χ3v) is 4.27. The average molecular weight is 389 g/mol. The predicted octanol–water partition coefficient (Wildman–Crippen LogP) is 1.41. The summed E-state index contributed by atoms with van der Waals surface area (Å²) < 4.78 is 4.79. The quantitative estimate of drug-likeness (QED) is 0.559. The van der Waals surface area contributed by atoms with E-state index in [1.54, 1.807) is 24.3 Å². The zero-order valence-electron chi connectivity index (χ0n) is 14.0. The number of hydrogen-bond donors (Lipinski definition) is 3. The molecule has 0 aliphatic carbocycles. The molecule has 138 valence electrons. The highest BCUT2D eigenvalue weighted by atomic mass is 35.5. The van der Waals surface area contributed by atoms with Gasteiger partial charge in [0.1, 0.15) is 6.04 Å². The Balaban J connectivity index is 2.85. The van der Waals surface area contributed by atoms with Crippen molar-refractivity contribution in [2.75, 3.05) is 25.7 Å². The first-order valence-electron chi connectivity index (χ1n) is 7.47. The number of thioether (sulfide) groups is 1. The molecule has 0 aromatic heterocycles. The van der Waals surface area contributed by atoms with Crippen molar-refractivity contribution in [3.05, 3.63) is 34.9 Å². The van der Waals surface area contributed by atoms with Gasteiger partial charge in [0.15, 0.2) is 6.04 Å². The molecule has 1 aromatic rings. The Morgan fingerprint density at radius 1 is 1.24 bits per heavy atom. The molecule has 25 heavy (non-hydrogen) atoms. The fraction of sp³-hybridized carbons (Fsp3) is 0.438. The summed E-state index contributed by atoms with van der Waals surface area (Å²) in [5, 5.41) is 14.4. The van der Waals surface area contributed by atoms with Gasteiger partial charge in [-0.25, -0.2) is 4.79 Å². The minimum absolute atomic E-state index is 0.172. The van der Waals surface area contributed by atoms with Crippen LogP contribution in [0.5, 0.6) is 0 Å². The van der Waals surface area contributed by atoms with Gasteiger partial charge in [-0.15, -0.1) is 0 Å². The van der Waals surface area contributed by atoms with E-state index in [0.717, 1.165) is 0 Å². The van der Waals surface area contributed by atoms with Gasteiger partial charge in [-0.05, 0) is 30.6 Å². The number of aliphatic carboxylic acids is 1. The van der Waals surface area contributed by atoms with Crippen LogP contribution in [-0.2, 0) is 14.3 Å². The molecule has 0 heterocycles. The number of carboxylic acid groups (broad SMARTS) is 1. The van der Waals surface area contributed by atoms with Gasteiger partial charge in [0.2, 0.25) is 5.91 Å². The van der Waals surface area contributed by atoms with Crippen LogP contribution in [-0.4, -0.2) is 60.7 Å². The lowest BCUT2D eigenvalue weighted by molar-refractivity contribution is -0.143. The number of amides is 2. The number of nitrogens with one attached hydrogen (secondary N) is 2. The Morgan fingerprint density at radius 2 is 1.92 bits per heavy atom. The lowest BCUT2D eigenvalue weighted by atomic mass is 10.1. The molecule has 0 aliphatic heterocycles. The van der Waals surface area contributed by atoms with Crippen LogP contribution in [0.2, 0.25) is 5.02 Å². The number of rotatable bonds is 10. The minimum atomic E-state index is -1.21. The third kappa shape index (κ3) is 6.93. The van der Waals surface area contributed by atoms with Crippen LogP contribution < -0.4 is 10.6 Å². The van der Waals surface area contributed by atoms with Gasteiger partial charge in [-0.3, -0.25) is 9.59 Å². The fourth-order valence-electron chi connectivity index (χ4n) is 2.00. The molecule has 0 spiro atoms. The Kier molecular flexibility index (Phi) is 9.33. The molecule has 2 unspecified atom stereocenters. The zero-order chi connectivity index (χ0) is 18.8. The second-order valence-electron chi connectivity index (χ2n) is 5.14. The fourth-order valence-corrected chi connectivity index (χ4v) is 2.69. The first-order valence-corrected chi connectivity index (χ1v) is 9.24. The van der Waals surface area contributed by atoms with Crippen LogP contribution in [0.3, 0.4) is 0 Å². The highest BCUT2D eigenvalue weighted by molar-refractivity contribution is 7.98. The van der Waals surface area contributed by atoms with Crippen LogP contribution in [0.15, 0.2) is 24.3 Å². The van der Waals surface area contributed by atoms with Crippen LogP contribution in [0.1, 0.15) is 16.8 Å². The van der Waals surface area contributed by atoms with Gasteiger partial charge in [0.25, 0.3) is 5.91 Å². The van der Waals surface area contributed by atoms with Crippen LogP contribution in [0.4, 0.5) is 0 Å². The van der Waals surface area contributed by atoms with E-state index in [1.165, 1.54) is 18.9 Å². The number of methoxy groups -OCH3 is 1. The Hall–Kier alpha value is -1.77. The highest BCUT2D eigenvalue weighted by Gasteiger charge is 2.27. The second kappa shape index (κ2) is 11.0. The summed E-state index contributed by atoms with van der Waals surface area (Å²) in [6.07, 6.45) is 2.22. The predicted molar refractivity (Wildman–Crippen MR) is 97.1 cm³/mol. The summed E-state index contributed by atoms with van der Waals surface area (Å²) >= 11 is 7.50. The molecular weight excluding hydrogens is 368 g/mol. The summed E-state index contributed by atoms with van der Waals surface area (Å²) in [6.45, 7) is -0.172. The molecule has 0 aliphatic rings. The lowest BCUT2D eigenvalue weighted by Crippen LogP contribution is -2.53. The molecule has 9 heteroatoms. The average Bonchev–Trinajstić information content (AvgIpc) is 2.58. The van der Waals surface area contributed by atoms with E-state index in [4.69, 9.17) is 21.4 Å². The van der Waals surface area contributed by atoms with Gasteiger partial charge < -0.3 is 20.5 Å². The highest BCUT2D eigenvalue weighted by Crippen LogP contribution is 2.15. The molecule has 0 fully saturated rings. The van der Waals surface area contributed by atoms with Crippen molar-refractivity contribution in [2.45, 2.75) is 18.5 Å². The van der Waals surface area contributed by atoms with Crippen molar-refractivity contribution in [1.29, 1.82) is 0 Å². The summed E-state index contributed by atoms with van der Waals surface area (Å²) in [7, 11) is 1.34. The van der Waals surface area contributed by atoms with E-state index >= 15 is 0 Å². The Morgan fingerprint density at radius 3 is 2.48 bits per heavy atom. The van der Waals surface area contributed by atoms with E-state index in [2.05, 4.69) is 10.6 Å². The van der Waals surface area contributed by atoms with E-state index in [0.29, 0.717) is 12.2 Å². The molecule has 0 saturated carbocycles. The third-order valence-electron chi connectivity index (χ3n) is 3.30. The van der Waals surface area contributed by atoms with Crippen molar-refractivity contribution in [2.24, 2.45) is 0 Å². The molecule has 2 atom stereocenters. The maximum atomic E-state index is 12.4. The smallest absolute Gasteiger partial charge is 0.328 e. The molecule has 1 rings (SSSR count). The zero-order valence-corrected chi connectivity index (χ0v) is 15.5. The maximum absolute atomic E-state index is 12.4. The van der Waals surface area contributed by atoms with E-state index in [1.807, 2.05) is 6.26 Å². The molecule has 3 N–H and O–H groups in total. The van der Waals surface area contributed by atoms with Gasteiger partial charge >= 0.3 is 5.97 Å². The van der Waals surface area contributed by atoms with E-state index in [9.17, 15) is 14.4 Å². The summed E-state index contributed by atoms with van der Waals surface area (Å²) in [5.74, 6) is -1.68. The molecule has 0 bridgehead atoms. The minimum Gasteiger partial charge on any atom is -0.480 e. The molecule has 7 nitrogen and oxygen atoms in total. The SMILES string of the molecule is COCC(NC(=O)C(CCSC)NC(=O)c1ccccc1Cl)C(=O)O. The maximum Gasteiger partial charge on any atom is 0.328 e. The van der Waals surface area contributed by atoms with Crippen molar-refractivity contribution < 1.29 is 24.2 Å². The first-order chi connectivity index (χ1) is 11.9. The largest absolute Gasteiger partial charge is 0.480 e. The van der Waals surface area contributed by atoms with Gasteiger partial charge in [-0.2, -0.15) is 11.8 Å². The van der Waals surface area contributed by atoms with Gasteiger partial charge in [-0.1, -0.05) is 23.7 Å².